The first-order chi connectivity index (χ1) is 13.5. The summed E-state index contributed by atoms with van der Waals surface area (Å²) in [6.07, 6.45) is 11.4. The number of rotatable bonds is 13. The summed E-state index contributed by atoms with van der Waals surface area (Å²) >= 11 is 0. The third kappa shape index (κ3) is 10.6. The van der Waals surface area contributed by atoms with Crippen molar-refractivity contribution in [2.45, 2.75) is 76.0 Å². The second-order valence-electron chi connectivity index (χ2n) is 7.22. The van der Waals surface area contributed by atoms with E-state index in [9.17, 15) is 13.0 Å². The largest absolute Gasteiger partial charge is 1.00 e. The molecule has 0 N–H and O–H groups in total. The van der Waals surface area contributed by atoms with E-state index in [1.807, 2.05) is 18.2 Å². The number of hydrogen-bond donors (Lipinski definition) is 0. The summed E-state index contributed by atoms with van der Waals surface area (Å²) in [6, 6.07) is 13.9. The van der Waals surface area contributed by atoms with Crippen molar-refractivity contribution in [3.8, 4) is 11.5 Å². The van der Waals surface area contributed by atoms with Gasteiger partial charge in [-0.2, -0.15) is 0 Å². The number of ether oxygens (including phenoxy) is 1. The molecule has 0 heterocycles. The van der Waals surface area contributed by atoms with E-state index in [4.69, 9.17) is 4.74 Å². The molecule has 4 nitrogen and oxygen atoms in total. The van der Waals surface area contributed by atoms with Crippen molar-refractivity contribution in [3.05, 3.63) is 54.1 Å². The fourth-order valence-corrected chi connectivity index (χ4v) is 4.04. The van der Waals surface area contributed by atoms with Crippen molar-refractivity contribution in [1.82, 2.24) is 0 Å². The quantitative estimate of drug-likeness (QED) is 0.271. The molecule has 0 saturated heterocycles. The van der Waals surface area contributed by atoms with Gasteiger partial charge in [0, 0.05) is 0 Å². The minimum Gasteiger partial charge on any atom is -0.744 e. The van der Waals surface area contributed by atoms with Crippen LogP contribution in [0, 0.1) is 0 Å². The van der Waals surface area contributed by atoms with Crippen LogP contribution < -0.4 is 56.1 Å². The molecule has 29 heavy (non-hydrogen) atoms. The van der Waals surface area contributed by atoms with E-state index < -0.39 is 10.1 Å². The molecule has 0 aliphatic heterocycles. The van der Waals surface area contributed by atoms with Crippen molar-refractivity contribution in [2.75, 3.05) is 0 Å². The molecule has 6 heteroatoms. The zero-order valence-corrected chi connectivity index (χ0v) is 21.7. The molecule has 0 aromatic heterocycles. The zero-order valence-electron chi connectivity index (χ0n) is 17.7. The molecule has 0 atom stereocenters. The van der Waals surface area contributed by atoms with Crippen LogP contribution in [0.15, 0.2) is 53.4 Å². The van der Waals surface area contributed by atoms with Gasteiger partial charge in [0.2, 0.25) is 0 Å². The molecule has 154 valence electrons. The molecular formula is C23H31KO4S. The van der Waals surface area contributed by atoms with Crippen LogP contribution in [-0.2, 0) is 16.5 Å². The molecule has 0 saturated carbocycles. The van der Waals surface area contributed by atoms with Gasteiger partial charge in [-0.05, 0) is 42.7 Å². The van der Waals surface area contributed by atoms with Gasteiger partial charge in [0.25, 0.3) is 0 Å². The van der Waals surface area contributed by atoms with Gasteiger partial charge in [-0.25, -0.2) is 8.42 Å². The fraction of sp³-hybridized carbons (Fsp3) is 0.478. The molecule has 0 amide bonds. The molecule has 0 spiro atoms. The van der Waals surface area contributed by atoms with Crippen molar-refractivity contribution in [1.29, 1.82) is 0 Å². The summed E-state index contributed by atoms with van der Waals surface area (Å²) in [7, 11) is -4.54. The van der Waals surface area contributed by atoms with Crippen molar-refractivity contribution in [3.63, 3.8) is 0 Å². The topological polar surface area (TPSA) is 66.4 Å². The average Bonchev–Trinajstić information content (AvgIpc) is 2.67. The number of benzene rings is 2. The van der Waals surface area contributed by atoms with Crippen LogP contribution in [0.1, 0.15) is 70.3 Å². The Balaban J connectivity index is 0.00000420. The Morgan fingerprint density at radius 3 is 1.97 bits per heavy atom. The molecule has 0 radical (unpaired) electrons. The van der Waals surface area contributed by atoms with E-state index in [2.05, 4.69) is 6.92 Å². The monoisotopic (exact) mass is 442 g/mol. The van der Waals surface area contributed by atoms with Crippen LogP contribution in [0.4, 0.5) is 0 Å². The zero-order chi connectivity index (χ0) is 20.2. The molecule has 0 unspecified atom stereocenters. The molecule has 2 aromatic rings. The minimum atomic E-state index is -4.54. The SMILES string of the molecule is CCCCCCCCCCCc1ccc(Oc2ccccc2)cc1S(=O)(=O)[O-].[K+]. The van der Waals surface area contributed by atoms with Crippen molar-refractivity contribution in [2.24, 2.45) is 0 Å². The first-order valence-electron chi connectivity index (χ1n) is 10.3. The van der Waals surface area contributed by atoms with Gasteiger partial charge in [-0.1, -0.05) is 82.6 Å². The van der Waals surface area contributed by atoms with Gasteiger partial charge in [-0.3, -0.25) is 0 Å². The Kier molecular flexibility index (Phi) is 13.6. The maximum absolute atomic E-state index is 11.7. The maximum Gasteiger partial charge on any atom is 1.00 e. The van der Waals surface area contributed by atoms with Gasteiger partial charge in [0.1, 0.15) is 21.6 Å². The van der Waals surface area contributed by atoms with E-state index in [1.165, 1.54) is 44.6 Å². The van der Waals surface area contributed by atoms with Crippen LogP contribution in [0.2, 0.25) is 0 Å². The van der Waals surface area contributed by atoms with E-state index in [0.717, 1.165) is 19.3 Å². The third-order valence-electron chi connectivity index (χ3n) is 4.84. The minimum absolute atomic E-state index is 0. The smallest absolute Gasteiger partial charge is 0.744 e. The van der Waals surface area contributed by atoms with Crippen LogP contribution in [0.25, 0.3) is 0 Å². The Morgan fingerprint density at radius 1 is 0.793 bits per heavy atom. The summed E-state index contributed by atoms with van der Waals surface area (Å²) in [5, 5.41) is 0. The molecular weight excluding hydrogens is 411 g/mol. The predicted octanol–water partition coefficient (Wildman–Crippen LogP) is 3.46. The third-order valence-corrected chi connectivity index (χ3v) is 5.76. The summed E-state index contributed by atoms with van der Waals surface area (Å²) in [6.45, 7) is 2.22. The van der Waals surface area contributed by atoms with Gasteiger partial charge >= 0.3 is 51.4 Å². The molecule has 0 aliphatic carbocycles. The fourth-order valence-electron chi connectivity index (χ4n) is 3.29. The number of aryl methyl sites for hydroxylation is 1. The van der Waals surface area contributed by atoms with Crippen LogP contribution in [0.3, 0.4) is 0 Å². The molecule has 2 aromatic carbocycles. The Bertz CT molecular complexity index is 807. The van der Waals surface area contributed by atoms with E-state index in [0.29, 0.717) is 23.5 Å². The predicted molar refractivity (Wildman–Crippen MR) is 112 cm³/mol. The second-order valence-corrected chi connectivity index (χ2v) is 8.57. The first kappa shape index (κ1) is 26.8. The first-order valence-corrected chi connectivity index (χ1v) is 11.7. The molecule has 0 aliphatic rings. The normalized spacial score (nSPS) is 11.1. The average molecular weight is 443 g/mol. The Hall–Kier alpha value is -0.214. The van der Waals surface area contributed by atoms with Crippen LogP contribution in [-0.4, -0.2) is 13.0 Å². The Morgan fingerprint density at radius 2 is 1.38 bits per heavy atom. The van der Waals surface area contributed by atoms with Gasteiger partial charge in [0.15, 0.2) is 0 Å². The number of hydrogen-bond acceptors (Lipinski definition) is 4. The van der Waals surface area contributed by atoms with Crippen molar-refractivity contribution < 1.29 is 69.1 Å². The second kappa shape index (κ2) is 14.7. The summed E-state index contributed by atoms with van der Waals surface area (Å²) < 4.78 is 40.8. The van der Waals surface area contributed by atoms with Crippen LogP contribution in [0.5, 0.6) is 11.5 Å². The molecule has 0 fully saturated rings. The van der Waals surface area contributed by atoms with Gasteiger partial charge in [0.05, 0.1) is 4.90 Å². The molecule has 0 bridgehead atoms. The van der Waals surface area contributed by atoms with Crippen LogP contribution >= 0.6 is 0 Å². The van der Waals surface area contributed by atoms with E-state index >= 15 is 0 Å². The van der Waals surface area contributed by atoms with E-state index in [1.54, 1.807) is 24.3 Å². The Labute approximate surface area is 218 Å². The standard InChI is InChI=1S/C23H32O4S.K/c1-2-3-4-5-6-7-8-9-11-14-20-17-18-22(19-23(20)28(24,25)26)27-21-15-12-10-13-16-21;/h10,12-13,15-19H,2-9,11,14H2,1H3,(H,24,25,26);/q;+1/p-1. The van der Waals surface area contributed by atoms with Crippen molar-refractivity contribution >= 4 is 10.1 Å². The summed E-state index contributed by atoms with van der Waals surface area (Å²) in [4.78, 5) is -0.166. The molecule has 2 rings (SSSR count). The summed E-state index contributed by atoms with van der Waals surface area (Å²) in [5.74, 6) is 0.958. The number of para-hydroxylation sites is 1. The number of unbranched alkanes of at least 4 members (excludes halogenated alkanes) is 8. The maximum atomic E-state index is 11.7. The summed E-state index contributed by atoms with van der Waals surface area (Å²) in [5.41, 5.74) is 0.582. The van der Waals surface area contributed by atoms with Gasteiger partial charge in [-0.15, -0.1) is 0 Å². The van der Waals surface area contributed by atoms with E-state index in [-0.39, 0.29) is 56.3 Å². The van der Waals surface area contributed by atoms with Gasteiger partial charge < -0.3 is 9.29 Å².